The van der Waals surface area contributed by atoms with Crippen molar-refractivity contribution in [2.75, 3.05) is 44.7 Å². The first-order valence-electron chi connectivity index (χ1n) is 11.3. The summed E-state index contributed by atoms with van der Waals surface area (Å²) in [7, 11) is 2.16. The van der Waals surface area contributed by atoms with Crippen molar-refractivity contribution in [2.45, 2.75) is 13.1 Å². The van der Waals surface area contributed by atoms with Gasteiger partial charge in [-0.3, -0.25) is 14.5 Å². The lowest BCUT2D eigenvalue weighted by atomic mass is 10.1. The Morgan fingerprint density at radius 3 is 2.41 bits per heavy atom. The van der Waals surface area contributed by atoms with E-state index in [9.17, 15) is 9.59 Å². The molecular weight excluding hydrogens is 468 g/mol. The number of carbonyl (C=O) groups excluding carboxylic acids is 2. The van der Waals surface area contributed by atoms with Crippen molar-refractivity contribution in [1.29, 1.82) is 0 Å². The quantitative estimate of drug-likeness (QED) is 0.507. The summed E-state index contributed by atoms with van der Waals surface area (Å²) in [5.41, 5.74) is 3.86. The van der Waals surface area contributed by atoms with Gasteiger partial charge in [0.15, 0.2) is 6.61 Å². The summed E-state index contributed by atoms with van der Waals surface area (Å²) in [6.07, 6.45) is 1.78. The second-order valence-electron chi connectivity index (χ2n) is 8.74. The lowest BCUT2D eigenvalue weighted by Crippen LogP contribution is -2.43. The molecule has 0 unspecified atom stereocenters. The fourth-order valence-corrected chi connectivity index (χ4v) is 5.30. The van der Waals surface area contributed by atoms with E-state index >= 15 is 0 Å². The van der Waals surface area contributed by atoms with Crippen LogP contribution in [0.2, 0.25) is 0 Å². The van der Waals surface area contributed by atoms with E-state index in [1.165, 1.54) is 17.3 Å². The van der Waals surface area contributed by atoms with Crippen LogP contribution in [0.25, 0.3) is 6.08 Å². The van der Waals surface area contributed by atoms with Gasteiger partial charge in [0.1, 0.15) is 10.1 Å². The van der Waals surface area contributed by atoms with Crippen molar-refractivity contribution in [3.05, 3.63) is 64.1 Å². The van der Waals surface area contributed by atoms with E-state index in [-0.39, 0.29) is 18.4 Å². The molecule has 2 aromatic carbocycles. The maximum absolute atomic E-state index is 12.8. The van der Waals surface area contributed by atoms with Crippen molar-refractivity contribution >= 4 is 51.9 Å². The van der Waals surface area contributed by atoms with E-state index in [1.807, 2.05) is 18.2 Å². The van der Waals surface area contributed by atoms with Gasteiger partial charge in [0, 0.05) is 32.7 Å². The third-order valence-corrected chi connectivity index (χ3v) is 7.39. The van der Waals surface area contributed by atoms with Crippen LogP contribution in [0.3, 0.4) is 0 Å². The van der Waals surface area contributed by atoms with E-state index in [0.717, 1.165) is 43.9 Å². The molecular formula is C25H26N4O3S2. The summed E-state index contributed by atoms with van der Waals surface area (Å²) in [5, 5.41) is 2.62. The number of carbonyl (C=O) groups is 2. The van der Waals surface area contributed by atoms with Gasteiger partial charge in [-0.2, -0.15) is 0 Å². The van der Waals surface area contributed by atoms with Gasteiger partial charge in [0.2, 0.25) is 0 Å². The van der Waals surface area contributed by atoms with Gasteiger partial charge in [-0.05, 0) is 41.9 Å². The predicted octanol–water partition coefficient (Wildman–Crippen LogP) is 2.85. The molecule has 2 fully saturated rings. The molecule has 3 aliphatic rings. The first-order valence-corrected chi connectivity index (χ1v) is 12.5. The normalized spacial score (nSPS) is 20.4. The number of amides is 2. The van der Waals surface area contributed by atoms with E-state index in [0.29, 0.717) is 27.2 Å². The Bertz CT molecular complexity index is 1160. The third-order valence-electron chi connectivity index (χ3n) is 6.23. The lowest BCUT2D eigenvalue weighted by Gasteiger charge is -2.32. The minimum atomic E-state index is -0.200. The van der Waals surface area contributed by atoms with Gasteiger partial charge in [-0.1, -0.05) is 54.3 Å². The lowest BCUT2D eigenvalue weighted by molar-refractivity contribution is -0.121. The van der Waals surface area contributed by atoms with Crippen LogP contribution in [0.5, 0.6) is 5.75 Å². The Balaban J connectivity index is 1.31. The molecule has 0 bridgehead atoms. The topological polar surface area (TPSA) is 65.1 Å². The number of likely N-dealkylation sites (N-methyl/N-ethyl adjacent to an activating group) is 1. The molecule has 2 amide bonds. The monoisotopic (exact) mass is 494 g/mol. The van der Waals surface area contributed by atoms with E-state index < -0.39 is 0 Å². The Kier molecular flexibility index (Phi) is 6.69. The average molecular weight is 495 g/mol. The molecule has 0 aliphatic carbocycles. The largest absolute Gasteiger partial charge is 0.482 e. The number of nitrogens with zero attached hydrogens (tertiary/aromatic N) is 3. The van der Waals surface area contributed by atoms with E-state index in [1.54, 1.807) is 11.0 Å². The molecule has 0 radical (unpaired) electrons. The van der Waals surface area contributed by atoms with Crippen LogP contribution in [0.1, 0.15) is 16.7 Å². The molecule has 176 valence electrons. The average Bonchev–Trinajstić information content (AvgIpc) is 3.15. The smallest absolute Gasteiger partial charge is 0.265 e. The molecule has 0 saturated carbocycles. The van der Waals surface area contributed by atoms with Crippen molar-refractivity contribution in [3.8, 4) is 5.75 Å². The first-order chi connectivity index (χ1) is 16.4. The minimum Gasteiger partial charge on any atom is -0.482 e. The van der Waals surface area contributed by atoms with Crippen LogP contribution < -0.4 is 15.0 Å². The summed E-state index contributed by atoms with van der Waals surface area (Å²) in [4.78, 5) is 31.9. The number of anilines is 1. The number of hydrogen-bond acceptors (Lipinski definition) is 7. The summed E-state index contributed by atoms with van der Waals surface area (Å²) in [5.74, 6) is 0.369. The zero-order valence-electron chi connectivity index (χ0n) is 19.0. The van der Waals surface area contributed by atoms with Crippen LogP contribution in [-0.4, -0.2) is 65.8 Å². The summed E-state index contributed by atoms with van der Waals surface area (Å²) >= 11 is 6.30. The highest BCUT2D eigenvalue weighted by atomic mass is 32.2. The van der Waals surface area contributed by atoms with Crippen LogP contribution in [-0.2, 0) is 22.7 Å². The molecule has 3 aliphatic heterocycles. The maximum atomic E-state index is 12.8. The number of fused-ring (bicyclic) bond motifs is 1. The number of ether oxygens (including phenoxy) is 1. The second kappa shape index (κ2) is 9.87. The van der Waals surface area contributed by atoms with E-state index in [4.69, 9.17) is 17.0 Å². The van der Waals surface area contributed by atoms with Crippen molar-refractivity contribution in [1.82, 2.24) is 15.1 Å². The highest BCUT2D eigenvalue weighted by Crippen LogP contribution is 2.35. The van der Waals surface area contributed by atoms with Crippen LogP contribution in [0, 0.1) is 0 Å². The molecule has 7 nitrogen and oxygen atoms in total. The van der Waals surface area contributed by atoms with Crippen LogP contribution in [0.15, 0.2) is 47.4 Å². The molecule has 34 heavy (non-hydrogen) atoms. The Morgan fingerprint density at radius 2 is 1.74 bits per heavy atom. The zero-order chi connectivity index (χ0) is 23.7. The Hall–Kier alpha value is -2.72. The van der Waals surface area contributed by atoms with E-state index in [2.05, 4.69) is 46.4 Å². The standard InChI is InChI=1S/C25H26N4O3S2/c1-27-8-10-28(11-9-27)14-17-2-4-18(5-3-17)15-29-20-12-19(6-7-21(20)32-16-23(29)30)13-22-24(31)26-25(33)34-22/h2-7,12-13H,8-11,14-16H2,1H3,(H,26,31,33)/b22-13+. The molecule has 1 N–H and O–H groups in total. The number of hydrogen-bond donors (Lipinski definition) is 1. The highest BCUT2D eigenvalue weighted by molar-refractivity contribution is 8.26. The number of nitrogens with one attached hydrogen (secondary N) is 1. The fourth-order valence-electron chi connectivity index (χ4n) is 4.25. The molecule has 9 heteroatoms. The number of thioether (sulfide) groups is 1. The number of benzene rings is 2. The molecule has 2 aromatic rings. The Morgan fingerprint density at radius 1 is 1.03 bits per heavy atom. The van der Waals surface area contributed by atoms with Gasteiger partial charge in [-0.15, -0.1) is 0 Å². The molecule has 3 heterocycles. The van der Waals surface area contributed by atoms with Crippen molar-refractivity contribution in [3.63, 3.8) is 0 Å². The van der Waals surface area contributed by atoms with Crippen LogP contribution in [0.4, 0.5) is 5.69 Å². The number of rotatable bonds is 5. The third kappa shape index (κ3) is 5.17. The fraction of sp³-hybridized carbons (Fsp3) is 0.320. The van der Waals surface area contributed by atoms with Gasteiger partial charge < -0.3 is 19.9 Å². The SMILES string of the molecule is CN1CCN(Cc2ccc(CN3C(=O)COc4ccc(/C=C5/SC(=S)NC5=O)cc43)cc2)CC1. The highest BCUT2D eigenvalue weighted by Gasteiger charge is 2.27. The number of thiocarbonyl (C=S) groups is 1. The molecule has 0 spiro atoms. The van der Waals surface area contributed by atoms with Gasteiger partial charge in [0.05, 0.1) is 17.1 Å². The predicted molar refractivity (Wildman–Crippen MR) is 139 cm³/mol. The molecule has 0 atom stereocenters. The van der Waals surface area contributed by atoms with Gasteiger partial charge >= 0.3 is 0 Å². The van der Waals surface area contributed by atoms with Gasteiger partial charge in [0.25, 0.3) is 11.8 Å². The number of piperazine rings is 1. The molecule has 5 rings (SSSR count). The second-order valence-corrected chi connectivity index (χ2v) is 10.5. The Labute approximate surface area is 208 Å². The summed E-state index contributed by atoms with van der Waals surface area (Å²) in [6.45, 7) is 5.80. The maximum Gasteiger partial charge on any atom is 0.265 e. The zero-order valence-corrected chi connectivity index (χ0v) is 20.6. The van der Waals surface area contributed by atoms with Gasteiger partial charge in [-0.25, -0.2) is 0 Å². The summed E-state index contributed by atoms with van der Waals surface area (Å²) in [6, 6.07) is 14.1. The molecule has 0 aromatic heterocycles. The first kappa shape index (κ1) is 23.0. The van der Waals surface area contributed by atoms with Crippen LogP contribution >= 0.6 is 24.0 Å². The van der Waals surface area contributed by atoms with Crippen molar-refractivity contribution in [2.24, 2.45) is 0 Å². The van der Waals surface area contributed by atoms with Crippen molar-refractivity contribution < 1.29 is 14.3 Å². The summed E-state index contributed by atoms with van der Waals surface area (Å²) < 4.78 is 6.10. The minimum absolute atomic E-state index is 0.0153. The molecule has 2 saturated heterocycles.